The van der Waals surface area contributed by atoms with Crippen molar-refractivity contribution in [2.75, 3.05) is 26.2 Å². The highest BCUT2D eigenvalue weighted by Gasteiger charge is 2.34. The molecule has 3 heterocycles. The van der Waals surface area contributed by atoms with Gasteiger partial charge < -0.3 is 4.98 Å². The van der Waals surface area contributed by atoms with E-state index in [-0.39, 0.29) is 17.1 Å². The molecule has 1 N–H and O–H groups in total. The maximum atomic E-state index is 13.5. The molecule has 5 rings (SSSR count). The molecule has 2 aromatic carbocycles. The second-order valence-electron chi connectivity index (χ2n) is 10.9. The molecular weight excluding hydrogens is 450 g/mol. The van der Waals surface area contributed by atoms with Crippen molar-refractivity contribution >= 4 is 10.9 Å². The fourth-order valence-corrected chi connectivity index (χ4v) is 5.06. The van der Waals surface area contributed by atoms with Crippen molar-refractivity contribution in [3.8, 4) is 0 Å². The van der Waals surface area contributed by atoms with E-state index in [0.29, 0.717) is 11.4 Å². The van der Waals surface area contributed by atoms with Crippen LogP contribution in [0.5, 0.6) is 0 Å². The van der Waals surface area contributed by atoms with Crippen molar-refractivity contribution in [1.29, 1.82) is 0 Å². The molecule has 0 aliphatic carbocycles. The minimum Gasteiger partial charge on any atom is -0.322 e. The zero-order chi connectivity index (χ0) is 25.4. The van der Waals surface area contributed by atoms with E-state index in [2.05, 4.69) is 101 Å². The molecule has 0 spiro atoms. The quantitative estimate of drug-likeness (QED) is 0.463. The number of hydrogen-bond acceptors (Lipinski definition) is 6. The van der Waals surface area contributed by atoms with E-state index in [0.717, 1.165) is 49.2 Å². The number of fused-ring (bicyclic) bond motifs is 1. The number of benzene rings is 2. The van der Waals surface area contributed by atoms with E-state index >= 15 is 0 Å². The Morgan fingerprint density at radius 2 is 1.67 bits per heavy atom. The standard InChI is InChI=1S/C28H35N7O/c1-19-15-22-17-23(27(36)29-24(22)16-20(19)2)25(26-30-31-32-35(26)28(3,4)5)34-13-11-33(12-14-34)18-21-9-7-6-8-10-21/h6-10,15-17,25H,11-14,18H2,1-5H3,(H,29,36). The number of hydrogen-bond donors (Lipinski definition) is 1. The molecule has 188 valence electrons. The Hall–Kier alpha value is -3.36. The zero-order valence-corrected chi connectivity index (χ0v) is 21.8. The molecule has 1 aliphatic rings. The van der Waals surface area contributed by atoms with Crippen molar-refractivity contribution in [1.82, 2.24) is 35.0 Å². The maximum absolute atomic E-state index is 13.5. The molecule has 1 atom stereocenters. The summed E-state index contributed by atoms with van der Waals surface area (Å²) in [5, 5.41) is 13.8. The second-order valence-corrected chi connectivity index (χ2v) is 10.9. The molecule has 2 aromatic heterocycles. The van der Waals surface area contributed by atoms with E-state index in [9.17, 15) is 4.79 Å². The van der Waals surface area contributed by atoms with Gasteiger partial charge in [0.1, 0.15) is 6.04 Å². The number of aryl methyl sites for hydroxylation is 2. The Kier molecular flexibility index (Phi) is 6.49. The minimum absolute atomic E-state index is 0.0917. The Labute approximate surface area is 211 Å². The van der Waals surface area contributed by atoms with Gasteiger partial charge in [-0.1, -0.05) is 30.3 Å². The average molecular weight is 486 g/mol. The summed E-state index contributed by atoms with van der Waals surface area (Å²) in [6.45, 7) is 14.8. The molecule has 0 saturated carbocycles. The van der Waals surface area contributed by atoms with Crippen LogP contribution in [0, 0.1) is 13.8 Å². The van der Waals surface area contributed by atoms with Gasteiger partial charge in [-0.15, -0.1) is 5.10 Å². The monoisotopic (exact) mass is 485 g/mol. The highest BCUT2D eigenvalue weighted by atomic mass is 16.1. The van der Waals surface area contributed by atoms with Crippen LogP contribution in [0.4, 0.5) is 0 Å². The first-order valence-corrected chi connectivity index (χ1v) is 12.6. The number of rotatable bonds is 5. The summed E-state index contributed by atoms with van der Waals surface area (Å²) in [5.74, 6) is 0.702. The molecule has 8 heteroatoms. The Morgan fingerprint density at radius 3 is 2.36 bits per heavy atom. The van der Waals surface area contributed by atoms with Crippen molar-refractivity contribution in [2.24, 2.45) is 0 Å². The van der Waals surface area contributed by atoms with Gasteiger partial charge in [-0.2, -0.15) is 0 Å². The Balaban J connectivity index is 1.52. The Bertz CT molecular complexity index is 1410. The number of piperazine rings is 1. The summed E-state index contributed by atoms with van der Waals surface area (Å²) in [5.41, 5.74) is 4.81. The van der Waals surface area contributed by atoms with Crippen LogP contribution in [0.2, 0.25) is 0 Å². The molecule has 1 unspecified atom stereocenters. The second kappa shape index (κ2) is 9.59. The predicted molar refractivity (Wildman–Crippen MR) is 142 cm³/mol. The zero-order valence-electron chi connectivity index (χ0n) is 21.8. The van der Waals surface area contributed by atoms with Crippen molar-refractivity contribution in [2.45, 2.75) is 52.7 Å². The summed E-state index contributed by atoms with van der Waals surface area (Å²) < 4.78 is 1.86. The van der Waals surface area contributed by atoms with Gasteiger partial charge in [0, 0.05) is 43.8 Å². The number of pyridine rings is 1. The Morgan fingerprint density at radius 1 is 0.972 bits per heavy atom. The van der Waals surface area contributed by atoms with Crippen LogP contribution in [0.1, 0.15) is 54.9 Å². The number of tetrazole rings is 1. The molecule has 36 heavy (non-hydrogen) atoms. The van der Waals surface area contributed by atoms with Crippen LogP contribution in [0.15, 0.2) is 53.3 Å². The van der Waals surface area contributed by atoms with E-state index in [1.54, 1.807) is 0 Å². The van der Waals surface area contributed by atoms with Gasteiger partial charge in [-0.05, 0) is 85.3 Å². The molecular formula is C28H35N7O. The topological polar surface area (TPSA) is 82.9 Å². The first-order chi connectivity index (χ1) is 17.2. The van der Waals surface area contributed by atoms with Crippen LogP contribution in [0.25, 0.3) is 10.9 Å². The van der Waals surface area contributed by atoms with Crippen molar-refractivity contribution in [3.05, 3.63) is 87.0 Å². The molecule has 1 fully saturated rings. The van der Waals surface area contributed by atoms with Crippen molar-refractivity contribution < 1.29 is 0 Å². The number of nitrogens with one attached hydrogen (secondary N) is 1. The third kappa shape index (κ3) is 4.83. The third-order valence-electron chi connectivity index (χ3n) is 7.18. The van der Waals surface area contributed by atoms with E-state index < -0.39 is 0 Å². The lowest BCUT2D eigenvalue weighted by Gasteiger charge is -2.39. The SMILES string of the molecule is Cc1cc2cc(C(c3nnnn3C(C)(C)C)N3CCN(Cc4ccccc4)CC3)c(=O)[nH]c2cc1C. The lowest BCUT2D eigenvalue weighted by Crippen LogP contribution is -2.49. The fraction of sp³-hybridized carbons (Fsp3) is 0.429. The molecule has 4 aromatic rings. The minimum atomic E-state index is -0.340. The molecule has 1 saturated heterocycles. The summed E-state index contributed by atoms with van der Waals surface area (Å²) >= 11 is 0. The fourth-order valence-electron chi connectivity index (χ4n) is 5.06. The van der Waals surface area contributed by atoms with E-state index in [4.69, 9.17) is 0 Å². The van der Waals surface area contributed by atoms with Gasteiger partial charge in [0.25, 0.3) is 5.56 Å². The number of H-pyrrole nitrogens is 1. The third-order valence-corrected chi connectivity index (χ3v) is 7.18. The van der Waals surface area contributed by atoms with Gasteiger partial charge >= 0.3 is 0 Å². The van der Waals surface area contributed by atoms with Crippen LogP contribution < -0.4 is 5.56 Å². The van der Waals surface area contributed by atoms with E-state index in [1.807, 2.05) is 16.8 Å². The lowest BCUT2D eigenvalue weighted by atomic mass is 9.99. The highest BCUT2D eigenvalue weighted by molar-refractivity contribution is 5.81. The summed E-state index contributed by atoms with van der Waals surface area (Å²) in [4.78, 5) is 21.5. The van der Waals surface area contributed by atoms with Crippen molar-refractivity contribution in [3.63, 3.8) is 0 Å². The first kappa shape index (κ1) is 24.3. The van der Waals surface area contributed by atoms with Gasteiger partial charge in [0.2, 0.25) is 0 Å². The van der Waals surface area contributed by atoms with Crippen LogP contribution >= 0.6 is 0 Å². The predicted octanol–water partition coefficient (Wildman–Crippen LogP) is 3.79. The number of nitrogens with zero attached hydrogens (tertiary/aromatic N) is 6. The molecule has 0 bridgehead atoms. The molecule has 0 amide bonds. The largest absolute Gasteiger partial charge is 0.322 e. The van der Waals surface area contributed by atoms with E-state index in [1.165, 1.54) is 11.1 Å². The normalized spacial score (nSPS) is 16.5. The summed E-state index contributed by atoms with van der Waals surface area (Å²) in [7, 11) is 0. The maximum Gasteiger partial charge on any atom is 0.253 e. The average Bonchev–Trinajstić information content (AvgIpc) is 3.33. The van der Waals surface area contributed by atoms with Gasteiger partial charge in [-0.3, -0.25) is 14.6 Å². The highest BCUT2D eigenvalue weighted by Crippen LogP contribution is 2.30. The van der Waals surface area contributed by atoms with Gasteiger partial charge in [-0.25, -0.2) is 4.68 Å². The molecule has 0 radical (unpaired) electrons. The van der Waals surface area contributed by atoms with Gasteiger partial charge in [0.05, 0.1) is 5.54 Å². The number of aromatic nitrogens is 5. The molecule has 8 nitrogen and oxygen atoms in total. The molecule has 1 aliphatic heterocycles. The smallest absolute Gasteiger partial charge is 0.253 e. The van der Waals surface area contributed by atoms with Crippen LogP contribution in [-0.2, 0) is 12.1 Å². The van der Waals surface area contributed by atoms with Gasteiger partial charge in [0.15, 0.2) is 5.82 Å². The lowest BCUT2D eigenvalue weighted by molar-refractivity contribution is 0.0975. The summed E-state index contributed by atoms with van der Waals surface area (Å²) in [6, 6.07) is 16.5. The summed E-state index contributed by atoms with van der Waals surface area (Å²) in [6.07, 6.45) is 0. The first-order valence-electron chi connectivity index (χ1n) is 12.6. The number of aromatic amines is 1. The van der Waals surface area contributed by atoms with Crippen LogP contribution in [-0.4, -0.2) is 61.2 Å². The van der Waals surface area contributed by atoms with Crippen LogP contribution in [0.3, 0.4) is 0 Å².